The van der Waals surface area contributed by atoms with E-state index < -0.39 is 5.92 Å². The van der Waals surface area contributed by atoms with Crippen molar-refractivity contribution in [2.45, 2.75) is 19.3 Å². The van der Waals surface area contributed by atoms with E-state index in [4.69, 9.17) is 16.9 Å². The average molecular weight is 208 g/mol. The van der Waals surface area contributed by atoms with Crippen molar-refractivity contribution in [2.24, 2.45) is 0 Å². The Kier molecular flexibility index (Phi) is 3.67. The van der Waals surface area contributed by atoms with Crippen molar-refractivity contribution in [3.05, 3.63) is 34.9 Å². The molecule has 0 aliphatic heterocycles. The number of carbonyl (C=O) groups is 1. The number of halogens is 1. The minimum atomic E-state index is -0.429. The monoisotopic (exact) mass is 207 g/mol. The van der Waals surface area contributed by atoms with Gasteiger partial charge in [-0.1, -0.05) is 29.8 Å². The summed E-state index contributed by atoms with van der Waals surface area (Å²) in [6.45, 7) is 1.47. The number of carbonyl (C=O) groups excluding carboxylic acids is 1. The fourth-order valence-electron chi connectivity index (χ4n) is 1.27. The summed E-state index contributed by atoms with van der Waals surface area (Å²) in [5.41, 5.74) is 0.729. The number of hydrogen-bond donors (Lipinski definition) is 0. The fraction of sp³-hybridized carbons (Fsp3) is 0.273. The Labute approximate surface area is 88.1 Å². The molecular formula is C11H10ClNO. The molecule has 0 fully saturated rings. The van der Waals surface area contributed by atoms with Crippen LogP contribution in [0.25, 0.3) is 0 Å². The van der Waals surface area contributed by atoms with Crippen molar-refractivity contribution < 1.29 is 4.79 Å². The van der Waals surface area contributed by atoms with E-state index in [1.165, 1.54) is 6.92 Å². The lowest BCUT2D eigenvalue weighted by molar-refractivity contribution is -0.117. The maximum Gasteiger partial charge on any atom is 0.131 e. The molecule has 0 saturated heterocycles. The average Bonchev–Trinajstić information content (AvgIpc) is 2.15. The highest BCUT2D eigenvalue weighted by Crippen LogP contribution is 2.26. The van der Waals surface area contributed by atoms with Gasteiger partial charge < -0.3 is 0 Å². The second-order valence-electron chi connectivity index (χ2n) is 3.11. The summed E-state index contributed by atoms with van der Waals surface area (Å²) in [5, 5.41) is 9.43. The van der Waals surface area contributed by atoms with Crippen molar-refractivity contribution in [3.8, 4) is 6.07 Å². The molecule has 0 bridgehead atoms. The zero-order valence-electron chi connectivity index (χ0n) is 7.83. The first-order valence-corrected chi connectivity index (χ1v) is 4.66. The van der Waals surface area contributed by atoms with Crippen LogP contribution in [0.5, 0.6) is 0 Å². The lowest BCUT2D eigenvalue weighted by atomic mass is 9.95. The van der Waals surface area contributed by atoms with Crippen LogP contribution < -0.4 is 0 Å². The molecule has 72 valence electrons. The van der Waals surface area contributed by atoms with E-state index in [0.717, 1.165) is 5.56 Å². The predicted molar refractivity (Wildman–Crippen MR) is 55.1 cm³/mol. The molecule has 2 nitrogen and oxygen atoms in total. The van der Waals surface area contributed by atoms with Gasteiger partial charge in [-0.3, -0.25) is 4.79 Å². The third-order valence-corrected chi connectivity index (χ3v) is 2.27. The van der Waals surface area contributed by atoms with Crippen molar-refractivity contribution in [2.75, 3.05) is 0 Å². The number of rotatable bonds is 3. The first-order chi connectivity index (χ1) is 6.65. The maximum atomic E-state index is 10.9. The van der Waals surface area contributed by atoms with Crippen LogP contribution in [-0.4, -0.2) is 5.78 Å². The van der Waals surface area contributed by atoms with Gasteiger partial charge in [0.25, 0.3) is 0 Å². The number of benzene rings is 1. The summed E-state index contributed by atoms with van der Waals surface area (Å²) in [4.78, 5) is 10.9. The highest BCUT2D eigenvalue weighted by Gasteiger charge is 2.15. The van der Waals surface area contributed by atoms with Crippen molar-refractivity contribution in [3.63, 3.8) is 0 Å². The van der Waals surface area contributed by atoms with Gasteiger partial charge in [-0.2, -0.15) is 5.26 Å². The summed E-state index contributed by atoms with van der Waals surface area (Å²) in [5.74, 6) is -0.433. The van der Waals surface area contributed by atoms with Gasteiger partial charge in [-0.15, -0.1) is 0 Å². The van der Waals surface area contributed by atoms with Crippen LogP contribution in [0.4, 0.5) is 0 Å². The summed E-state index contributed by atoms with van der Waals surface area (Å²) >= 11 is 5.92. The van der Waals surface area contributed by atoms with Crippen LogP contribution in [-0.2, 0) is 4.79 Å². The van der Waals surface area contributed by atoms with E-state index in [9.17, 15) is 4.79 Å². The summed E-state index contributed by atoms with van der Waals surface area (Å²) in [7, 11) is 0. The Morgan fingerprint density at radius 2 is 2.21 bits per heavy atom. The Morgan fingerprint density at radius 3 is 2.71 bits per heavy atom. The largest absolute Gasteiger partial charge is 0.300 e. The van der Waals surface area contributed by atoms with Crippen molar-refractivity contribution >= 4 is 17.4 Å². The molecule has 1 aromatic rings. The second kappa shape index (κ2) is 4.78. The number of hydrogen-bond acceptors (Lipinski definition) is 2. The van der Waals surface area contributed by atoms with Crippen LogP contribution >= 0.6 is 11.6 Å². The Balaban J connectivity index is 2.96. The van der Waals surface area contributed by atoms with Crippen LogP contribution in [0.1, 0.15) is 24.8 Å². The Hall–Kier alpha value is -1.33. The zero-order chi connectivity index (χ0) is 10.6. The zero-order valence-corrected chi connectivity index (χ0v) is 8.58. The molecule has 0 radical (unpaired) electrons. The van der Waals surface area contributed by atoms with Crippen LogP contribution in [0.15, 0.2) is 24.3 Å². The van der Waals surface area contributed by atoms with Gasteiger partial charge in [0.05, 0.1) is 12.0 Å². The molecule has 0 saturated carbocycles. The topological polar surface area (TPSA) is 40.9 Å². The third-order valence-electron chi connectivity index (χ3n) is 1.93. The van der Waals surface area contributed by atoms with Gasteiger partial charge in [0, 0.05) is 11.4 Å². The van der Waals surface area contributed by atoms with Gasteiger partial charge in [0.15, 0.2) is 0 Å². The van der Waals surface area contributed by atoms with E-state index in [0.29, 0.717) is 5.02 Å². The minimum Gasteiger partial charge on any atom is -0.300 e. The SMILES string of the molecule is CC(=O)CC(C#N)c1ccccc1Cl. The number of nitriles is 1. The second-order valence-corrected chi connectivity index (χ2v) is 3.52. The van der Waals surface area contributed by atoms with E-state index in [1.807, 2.05) is 6.07 Å². The van der Waals surface area contributed by atoms with E-state index in [-0.39, 0.29) is 12.2 Å². The first kappa shape index (κ1) is 10.7. The maximum absolute atomic E-state index is 10.9. The summed E-state index contributed by atoms with van der Waals surface area (Å²) in [6, 6.07) is 9.20. The summed E-state index contributed by atoms with van der Waals surface area (Å²) in [6.07, 6.45) is 0.222. The Morgan fingerprint density at radius 1 is 1.57 bits per heavy atom. The molecule has 0 N–H and O–H groups in total. The summed E-state index contributed by atoms with van der Waals surface area (Å²) < 4.78 is 0. The number of ketones is 1. The molecule has 0 heterocycles. The van der Waals surface area contributed by atoms with Gasteiger partial charge in [-0.25, -0.2) is 0 Å². The molecule has 3 heteroatoms. The van der Waals surface area contributed by atoms with E-state index in [1.54, 1.807) is 18.2 Å². The highest BCUT2D eigenvalue weighted by atomic mass is 35.5. The lowest BCUT2D eigenvalue weighted by Crippen LogP contribution is -2.02. The van der Waals surface area contributed by atoms with E-state index >= 15 is 0 Å². The van der Waals surface area contributed by atoms with Gasteiger partial charge in [-0.05, 0) is 18.6 Å². The fourth-order valence-corrected chi connectivity index (χ4v) is 1.54. The van der Waals surface area contributed by atoms with Crippen molar-refractivity contribution in [1.29, 1.82) is 5.26 Å². The highest BCUT2D eigenvalue weighted by molar-refractivity contribution is 6.31. The molecule has 1 atom stereocenters. The molecule has 1 aromatic carbocycles. The molecule has 14 heavy (non-hydrogen) atoms. The Bertz CT molecular complexity index is 381. The number of nitrogens with zero attached hydrogens (tertiary/aromatic N) is 1. The molecule has 1 rings (SSSR count). The first-order valence-electron chi connectivity index (χ1n) is 4.28. The van der Waals surface area contributed by atoms with E-state index in [2.05, 4.69) is 6.07 Å². The molecule has 0 aromatic heterocycles. The molecule has 0 aliphatic carbocycles. The molecule has 1 unspecified atom stereocenters. The molecule has 0 amide bonds. The van der Waals surface area contributed by atoms with Crippen molar-refractivity contribution in [1.82, 2.24) is 0 Å². The molecule has 0 spiro atoms. The van der Waals surface area contributed by atoms with Gasteiger partial charge >= 0.3 is 0 Å². The van der Waals surface area contributed by atoms with Gasteiger partial charge in [0.2, 0.25) is 0 Å². The smallest absolute Gasteiger partial charge is 0.131 e. The third kappa shape index (κ3) is 2.58. The number of Topliss-reactive ketones (excluding diaryl/α,β-unsaturated/α-hetero) is 1. The van der Waals surface area contributed by atoms with Gasteiger partial charge in [0.1, 0.15) is 5.78 Å². The van der Waals surface area contributed by atoms with Crippen LogP contribution in [0, 0.1) is 11.3 Å². The normalized spacial score (nSPS) is 11.8. The molecular weight excluding hydrogens is 198 g/mol. The predicted octanol–water partition coefficient (Wildman–Crippen LogP) is 2.93. The van der Waals surface area contributed by atoms with Crippen LogP contribution in [0.3, 0.4) is 0 Å². The lowest BCUT2D eigenvalue weighted by Gasteiger charge is -2.08. The quantitative estimate of drug-likeness (QED) is 0.765. The van der Waals surface area contributed by atoms with Crippen LogP contribution in [0.2, 0.25) is 5.02 Å². The molecule has 0 aliphatic rings. The minimum absolute atomic E-state index is 0.00327. The standard InChI is InChI=1S/C11H10ClNO/c1-8(14)6-9(7-13)10-4-2-3-5-11(10)12/h2-5,9H,6H2,1H3.